The number of carbonyl (C=O) groups excluding carboxylic acids is 1. The molecule has 0 fully saturated rings. The lowest BCUT2D eigenvalue weighted by molar-refractivity contribution is 0.127. The summed E-state index contributed by atoms with van der Waals surface area (Å²) in [4.78, 5) is 16.8. The lowest BCUT2D eigenvalue weighted by Crippen LogP contribution is -2.45. The average Bonchev–Trinajstić information content (AvgIpc) is 2.68. The van der Waals surface area contributed by atoms with Crippen LogP contribution in [-0.2, 0) is 23.3 Å². The number of hydrogen-bond donors (Lipinski definition) is 1. The maximum atomic E-state index is 12.4. The van der Waals surface area contributed by atoms with Crippen molar-refractivity contribution in [1.82, 2.24) is 10.3 Å². The Kier molecular flexibility index (Phi) is 5.64. The number of benzene rings is 2. The van der Waals surface area contributed by atoms with E-state index in [1.165, 1.54) is 0 Å². The smallest absolute Gasteiger partial charge is 0.408 e. The molecule has 1 unspecified atom stereocenters. The van der Waals surface area contributed by atoms with Gasteiger partial charge in [0, 0.05) is 18.3 Å². The third kappa shape index (κ3) is 4.70. The quantitative estimate of drug-likeness (QED) is 0.717. The van der Waals surface area contributed by atoms with Crippen LogP contribution in [0.25, 0.3) is 0 Å². The van der Waals surface area contributed by atoms with E-state index in [1.807, 2.05) is 85.8 Å². The Balaban J connectivity index is 1.74. The lowest BCUT2D eigenvalue weighted by Gasteiger charge is -2.31. The van der Waals surface area contributed by atoms with Crippen LogP contribution in [0.1, 0.15) is 23.7 Å². The molecule has 0 aliphatic carbocycles. The molecule has 26 heavy (non-hydrogen) atoms. The van der Waals surface area contributed by atoms with Gasteiger partial charge in [-0.1, -0.05) is 66.7 Å². The summed E-state index contributed by atoms with van der Waals surface area (Å²) in [7, 11) is 0. The second-order valence-corrected chi connectivity index (χ2v) is 6.38. The highest BCUT2D eigenvalue weighted by atomic mass is 16.5. The Morgan fingerprint density at radius 2 is 1.62 bits per heavy atom. The summed E-state index contributed by atoms with van der Waals surface area (Å²) in [5.74, 6) is 0. The number of pyridine rings is 1. The number of nitrogens with zero attached hydrogens (tertiary/aromatic N) is 1. The minimum Gasteiger partial charge on any atom is -0.445 e. The Morgan fingerprint density at radius 1 is 0.962 bits per heavy atom. The van der Waals surface area contributed by atoms with Gasteiger partial charge in [-0.2, -0.15) is 0 Å². The topological polar surface area (TPSA) is 51.2 Å². The molecule has 0 aliphatic heterocycles. The SMILES string of the molecule is CC(Cc1ccccn1)(NC(=O)OCc1ccccc1)c1ccccc1. The van der Waals surface area contributed by atoms with Crippen LogP contribution in [0.5, 0.6) is 0 Å². The van der Waals surface area contributed by atoms with Gasteiger partial charge in [0.2, 0.25) is 0 Å². The highest BCUT2D eigenvalue weighted by Crippen LogP contribution is 2.25. The van der Waals surface area contributed by atoms with Crippen LogP contribution in [0.4, 0.5) is 4.79 Å². The molecule has 1 atom stereocenters. The van der Waals surface area contributed by atoms with Gasteiger partial charge in [0.05, 0.1) is 5.54 Å². The molecule has 1 N–H and O–H groups in total. The summed E-state index contributed by atoms with van der Waals surface area (Å²) < 4.78 is 5.41. The van der Waals surface area contributed by atoms with Gasteiger partial charge in [0.25, 0.3) is 0 Å². The number of carbonyl (C=O) groups is 1. The molecule has 1 heterocycles. The minimum atomic E-state index is -0.622. The van der Waals surface area contributed by atoms with Crippen LogP contribution >= 0.6 is 0 Å². The van der Waals surface area contributed by atoms with Crippen molar-refractivity contribution in [2.24, 2.45) is 0 Å². The van der Waals surface area contributed by atoms with Gasteiger partial charge in [0.1, 0.15) is 6.61 Å². The van der Waals surface area contributed by atoms with Gasteiger partial charge in [-0.25, -0.2) is 4.79 Å². The van der Waals surface area contributed by atoms with E-state index in [-0.39, 0.29) is 6.61 Å². The van der Waals surface area contributed by atoms with Crippen molar-refractivity contribution in [1.29, 1.82) is 0 Å². The van der Waals surface area contributed by atoms with Gasteiger partial charge >= 0.3 is 6.09 Å². The van der Waals surface area contributed by atoms with Crippen LogP contribution in [0.15, 0.2) is 85.1 Å². The number of aromatic nitrogens is 1. The van der Waals surface area contributed by atoms with E-state index < -0.39 is 11.6 Å². The fourth-order valence-corrected chi connectivity index (χ4v) is 2.87. The molecule has 0 radical (unpaired) electrons. The summed E-state index contributed by atoms with van der Waals surface area (Å²) >= 11 is 0. The summed E-state index contributed by atoms with van der Waals surface area (Å²) in [6.45, 7) is 2.22. The second kappa shape index (κ2) is 8.30. The molecule has 0 spiro atoms. The van der Waals surface area contributed by atoms with Gasteiger partial charge in [-0.15, -0.1) is 0 Å². The Bertz CT molecular complexity index is 823. The standard InChI is InChI=1S/C22H22N2O2/c1-22(19-12-6-3-7-13-19,16-20-14-8-9-15-23-20)24-21(25)26-17-18-10-4-2-5-11-18/h2-15H,16-17H2,1H3,(H,24,25). The number of nitrogens with one attached hydrogen (secondary N) is 1. The molecule has 0 saturated carbocycles. The zero-order valence-corrected chi connectivity index (χ0v) is 14.8. The van der Waals surface area contributed by atoms with Crippen molar-refractivity contribution in [2.75, 3.05) is 0 Å². The van der Waals surface area contributed by atoms with Crippen LogP contribution < -0.4 is 5.32 Å². The predicted octanol–water partition coefficient (Wildman–Crippen LogP) is 4.47. The molecule has 4 heteroatoms. The number of rotatable bonds is 6. The highest BCUT2D eigenvalue weighted by Gasteiger charge is 2.30. The lowest BCUT2D eigenvalue weighted by atomic mass is 9.87. The first-order chi connectivity index (χ1) is 12.7. The third-order valence-electron chi connectivity index (χ3n) is 4.26. The maximum Gasteiger partial charge on any atom is 0.408 e. The Morgan fingerprint density at radius 3 is 2.27 bits per heavy atom. The van der Waals surface area contributed by atoms with Crippen LogP contribution in [-0.4, -0.2) is 11.1 Å². The molecule has 3 aromatic rings. The summed E-state index contributed by atoms with van der Waals surface area (Å²) in [6, 6.07) is 25.3. The van der Waals surface area contributed by atoms with E-state index in [9.17, 15) is 4.79 Å². The molecular formula is C22H22N2O2. The highest BCUT2D eigenvalue weighted by molar-refractivity contribution is 5.68. The van der Waals surface area contributed by atoms with Crippen molar-refractivity contribution in [3.05, 3.63) is 102 Å². The summed E-state index contributed by atoms with van der Waals surface area (Å²) in [5, 5.41) is 3.03. The van der Waals surface area contributed by atoms with E-state index in [0.29, 0.717) is 6.42 Å². The fourth-order valence-electron chi connectivity index (χ4n) is 2.87. The first-order valence-corrected chi connectivity index (χ1v) is 8.60. The fraction of sp³-hybridized carbons (Fsp3) is 0.182. The van der Waals surface area contributed by atoms with Gasteiger partial charge < -0.3 is 10.1 Å². The van der Waals surface area contributed by atoms with Gasteiger partial charge in [0.15, 0.2) is 0 Å². The monoisotopic (exact) mass is 346 g/mol. The average molecular weight is 346 g/mol. The van der Waals surface area contributed by atoms with Crippen molar-refractivity contribution >= 4 is 6.09 Å². The predicted molar refractivity (Wildman–Crippen MR) is 101 cm³/mol. The molecule has 4 nitrogen and oxygen atoms in total. The number of hydrogen-bond acceptors (Lipinski definition) is 3. The number of alkyl carbamates (subject to hydrolysis) is 1. The van der Waals surface area contributed by atoms with Crippen molar-refractivity contribution < 1.29 is 9.53 Å². The van der Waals surface area contributed by atoms with Crippen molar-refractivity contribution in [3.8, 4) is 0 Å². The molecular weight excluding hydrogens is 324 g/mol. The van der Waals surface area contributed by atoms with Crippen molar-refractivity contribution in [3.63, 3.8) is 0 Å². The van der Waals surface area contributed by atoms with E-state index >= 15 is 0 Å². The van der Waals surface area contributed by atoms with Crippen LogP contribution in [0.2, 0.25) is 0 Å². The van der Waals surface area contributed by atoms with E-state index in [2.05, 4.69) is 10.3 Å². The third-order valence-corrected chi connectivity index (χ3v) is 4.26. The van der Waals surface area contributed by atoms with Gasteiger partial charge in [-0.3, -0.25) is 4.98 Å². The molecule has 0 bridgehead atoms. The second-order valence-electron chi connectivity index (χ2n) is 6.38. The zero-order chi connectivity index (χ0) is 18.2. The Hall–Kier alpha value is -3.14. The normalized spacial score (nSPS) is 12.8. The van der Waals surface area contributed by atoms with E-state index in [0.717, 1.165) is 16.8 Å². The molecule has 1 amide bonds. The molecule has 0 saturated heterocycles. The molecule has 2 aromatic carbocycles. The van der Waals surface area contributed by atoms with Crippen LogP contribution in [0, 0.1) is 0 Å². The first-order valence-electron chi connectivity index (χ1n) is 8.60. The Labute approximate surface area is 153 Å². The largest absolute Gasteiger partial charge is 0.445 e. The van der Waals surface area contributed by atoms with Crippen LogP contribution in [0.3, 0.4) is 0 Å². The zero-order valence-electron chi connectivity index (χ0n) is 14.8. The molecule has 0 aliphatic rings. The molecule has 3 rings (SSSR count). The first kappa shape index (κ1) is 17.7. The molecule has 1 aromatic heterocycles. The number of ether oxygens (including phenoxy) is 1. The van der Waals surface area contributed by atoms with Crippen molar-refractivity contribution in [2.45, 2.75) is 25.5 Å². The number of amides is 1. The van der Waals surface area contributed by atoms with E-state index in [1.54, 1.807) is 6.20 Å². The summed E-state index contributed by atoms with van der Waals surface area (Å²) in [5.41, 5.74) is 2.24. The maximum absolute atomic E-state index is 12.4. The van der Waals surface area contributed by atoms with E-state index in [4.69, 9.17) is 4.74 Å². The summed E-state index contributed by atoms with van der Waals surface area (Å²) in [6.07, 6.45) is 1.88. The van der Waals surface area contributed by atoms with Gasteiger partial charge in [-0.05, 0) is 30.2 Å². The minimum absolute atomic E-state index is 0.237. The molecule has 132 valence electrons.